The fourth-order valence-electron chi connectivity index (χ4n) is 1.18. The van der Waals surface area contributed by atoms with Gasteiger partial charge in [-0.25, -0.2) is 0 Å². The van der Waals surface area contributed by atoms with Crippen LogP contribution in [-0.2, 0) is 13.4 Å². The molecule has 2 nitrogen and oxygen atoms in total. The van der Waals surface area contributed by atoms with Crippen molar-refractivity contribution >= 4 is 4.53 Å². The zero-order chi connectivity index (χ0) is 11.3. The summed E-state index contributed by atoms with van der Waals surface area (Å²) in [6.45, 7) is 0. The molecule has 0 bridgehead atoms. The Labute approximate surface area is 97.5 Å². The zero-order valence-corrected chi connectivity index (χ0v) is 11.0. The Bertz CT molecular complexity index is 262. The van der Waals surface area contributed by atoms with E-state index in [4.69, 9.17) is 0 Å². The standard InChI is InChI=1S/C6H5.2C3H8N.Ni/c1-2-4-6-5-3-1;2*1-4(2)3;/h1-5H;2*1H2,2-3H3;. The van der Waals surface area contributed by atoms with Gasteiger partial charge in [-0.2, -0.15) is 0 Å². The van der Waals surface area contributed by atoms with Crippen molar-refractivity contribution in [2.24, 2.45) is 0 Å². The quantitative estimate of drug-likeness (QED) is 0.720. The van der Waals surface area contributed by atoms with Crippen molar-refractivity contribution in [2.75, 3.05) is 39.2 Å². The Kier molecular flexibility index (Phi) is 5.31. The number of hydrogen-bond donors (Lipinski definition) is 0. The first-order valence-electron chi connectivity index (χ1n) is 4.94. The summed E-state index contributed by atoms with van der Waals surface area (Å²) < 4.78 is 1.47. The Hall–Kier alpha value is -0.366. The van der Waals surface area contributed by atoms with Crippen LogP contribution in [0.15, 0.2) is 30.3 Å². The molecule has 0 saturated carbocycles. The molecule has 0 aliphatic carbocycles. The zero-order valence-electron chi connectivity index (χ0n) is 10.0. The van der Waals surface area contributed by atoms with Gasteiger partial charge < -0.3 is 0 Å². The van der Waals surface area contributed by atoms with E-state index in [1.54, 1.807) is 0 Å². The van der Waals surface area contributed by atoms with Crippen molar-refractivity contribution in [3.63, 3.8) is 0 Å². The number of rotatable bonds is 5. The molecule has 0 aliphatic rings. The van der Waals surface area contributed by atoms with Crippen LogP contribution >= 0.6 is 0 Å². The van der Waals surface area contributed by atoms with Crippen LogP contribution in [0.3, 0.4) is 0 Å². The third-order valence-corrected chi connectivity index (χ3v) is 4.75. The second kappa shape index (κ2) is 6.27. The van der Waals surface area contributed by atoms with Crippen molar-refractivity contribution in [3.05, 3.63) is 30.3 Å². The Morgan fingerprint density at radius 3 is 1.73 bits per heavy atom. The molecule has 1 aromatic rings. The molecule has 0 aliphatic heterocycles. The summed E-state index contributed by atoms with van der Waals surface area (Å²) in [4.78, 5) is 4.54. The van der Waals surface area contributed by atoms with Crippen molar-refractivity contribution in [2.45, 2.75) is 0 Å². The van der Waals surface area contributed by atoms with Gasteiger partial charge in [-0.3, -0.25) is 0 Å². The van der Waals surface area contributed by atoms with Crippen LogP contribution in [0.4, 0.5) is 0 Å². The van der Waals surface area contributed by atoms with E-state index in [1.165, 1.54) is 4.53 Å². The molecule has 0 N–H and O–H groups in total. The van der Waals surface area contributed by atoms with E-state index in [9.17, 15) is 0 Å². The van der Waals surface area contributed by atoms with Crippen LogP contribution in [0, 0.1) is 0 Å². The molecule has 0 heterocycles. The third kappa shape index (κ3) is 4.79. The molecule has 0 unspecified atom stereocenters. The number of benzene rings is 1. The van der Waals surface area contributed by atoms with Crippen LogP contribution in [0.25, 0.3) is 0 Å². The first-order valence-corrected chi connectivity index (χ1v) is 6.83. The predicted molar refractivity (Wildman–Crippen MR) is 63.2 cm³/mol. The van der Waals surface area contributed by atoms with Gasteiger partial charge in [0.1, 0.15) is 0 Å². The van der Waals surface area contributed by atoms with Gasteiger partial charge in [-0.15, -0.1) is 0 Å². The number of nitrogens with zero attached hydrogens (tertiary/aromatic N) is 2. The normalized spacial score (nSPS) is 12.3. The molecule has 0 atom stereocenters. The molecule has 3 heteroatoms. The van der Waals surface area contributed by atoms with Gasteiger partial charge in [-0.1, -0.05) is 0 Å². The summed E-state index contributed by atoms with van der Waals surface area (Å²) in [7, 11) is 8.56. The van der Waals surface area contributed by atoms with Crippen molar-refractivity contribution in [1.29, 1.82) is 0 Å². The van der Waals surface area contributed by atoms with Crippen LogP contribution in [-0.4, -0.2) is 49.0 Å². The molecule has 0 saturated heterocycles. The van der Waals surface area contributed by atoms with Crippen molar-refractivity contribution in [3.8, 4) is 0 Å². The Balaban J connectivity index is 2.72. The molecule has 0 aromatic heterocycles. The summed E-state index contributed by atoms with van der Waals surface area (Å²) >= 11 is 0.159. The summed E-state index contributed by atoms with van der Waals surface area (Å²) in [6, 6.07) is 10.8. The molecule has 0 fully saturated rings. The fraction of sp³-hybridized carbons (Fsp3) is 0.500. The van der Waals surface area contributed by atoms with Crippen LogP contribution in [0.1, 0.15) is 0 Å². The van der Waals surface area contributed by atoms with Crippen LogP contribution in [0.5, 0.6) is 0 Å². The molecule has 89 valence electrons. The Morgan fingerprint density at radius 2 is 1.33 bits per heavy atom. The monoisotopic (exact) mass is 251 g/mol. The molecule has 15 heavy (non-hydrogen) atoms. The van der Waals surface area contributed by atoms with Gasteiger partial charge in [-0.05, 0) is 0 Å². The maximum atomic E-state index is 2.27. The van der Waals surface area contributed by atoms with Gasteiger partial charge in [0, 0.05) is 0 Å². The van der Waals surface area contributed by atoms with E-state index in [-0.39, 0.29) is 13.4 Å². The summed E-state index contributed by atoms with van der Waals surface area (Å²) in [6.07, 6.45) is 0. The van der Waals surface area contributed by atoms with Crippen LogP contribution in [0.2, 0.25) is 0 Å². The molecule has 1 aromatic carbocycles. The van der Waals surface area contributed by atoms with E-state index in [1.807, 2.05) is 0 Å². The average molecular weight is 252 g/mol. The topological polar surface area (TPSA) is 6.48 Å². The molecular weight excluding hydrogens is 231 g/mol. The van der Waals surface area contributed by atoms with Gasteiger partial charge in [0.05, 0.1) is 0 Å². The van der Waals surface area contributed by atoms with E-state index in [2.05, 4.69) is 68.3 Å². The van der Waals surface area contributed by atoms with E-state index in [0.717, 1.165) is 11.0 Å². The van der Waals surface area contributed by atoms with Crippen molar-refractivity contribution in [1.82, 2.24) is 9.80 Å². The predicted octanol–water partition coefficient (Wildman–Crippen LogP) is 0.968. The SMILES string of the molecule is CN(C)[CH2][Ni]([CH2]N(C)C)[c]1ccccc1. The molecule has 0 spiro atoms. The van der Waals surface area contributed by atoms with Gasteiger partial charge in [0.25, 0.3) is 0 Å². The Morgan fingerprint density at radius 1 is 0.867 bits per heavy atom. The van der Waals surface area contributed by atoms with Crippen LogP contribution < -0.4 is 4.53 Å². The second-order valence-electron chi connectivity index (χ2n) is 4.00. The summed E-state index contributed by atoms with van der Waals surface area (Å²) in [5.41, 5.74) is 2.28. The average Bonchev–Trinajstić information content (AvgIpc) is 2.17. The molecule has 0 amide bonds. The first-order chi connectivity index (χ1) is 7.09. The van der Waals surface area contributed by atoms with E-state index in [0.29, 0.717) is 0 Å². The van der Waals surface area contributed by atoms with Gasteiger partial charge >= 0.3 is 97.3 Å². The minimum absolute atomic E-state index is 0.159. The van der Waals surface area contributed by atoms with E-state index >= 15 is 0 Å². The van der Waals surface area contributed by atoms with Crippen molar-refractivity contribution < 1.29 is 13.4 Å². The van der Waals surface area contributed by atoms with E-state index < -0.39 is 0 Å². The fourth-order valence-corrected chi connectivity index (χ4v) is 3.80. The maximum absolute atomic E-state index is 2.27. The van der Waals surface area contributed by atoms with Gasteiger partial charge in [0.15, 0.2) is 0 Å². The third-order valence-electron chi connectivity index (χ3n) is 1.61. The van der Waals surface area contributed by atoms with Gasteiger partial charge in [0.2, 0.25) is 0 Å². The minimum atomic E-state index is 0.159. The number of hydrogen-bond acceptors (Lipinski definition) is 2. The molecular formula is C12H21N2Ni. The second-order valence-corrected chi connectivity index (χ2v) is 6.39. The summed E-state index contributed by atoms with van der Waals surface area (Å²) in [5, 5.41) is 0. The molecule has 1 rings (SSSR count). The summed E-state index contributed by atoms with van der Waals surface area (Å²) in [5.74, 6) is 0. The molecule has 0 radical (unpaired) electrons. The first kappa shape index (κ1) is 12.7.